The van der Waals surface area contributed by atoms with E-state index in [0.29, 0.717) is 5.92 Å². The molecular formula is C12H19N3O. The molecule has 1 amide bonds. The van der Waals surface area contributed by atoms with Crippen LogP contribution in [0.1, 0.15) is 25.6 Å². The molecule has 1 aliphatic heterocycles. The van der Waals surface area contributed by atoms with Crippen molar-refractivity contribution in [1.29, 1.82) is 0 Å². The summed E-state index contributed by atoms with van der Waals surface area (Å²) in [6.07, 6.45) is 7.08. The van der Waals surface area contributed by atoms with Gasteiger partial charge in [0.15, 0.2) is 0 Å². The van der Waals surface area contributed by atoms with E-state index in [-0.39, 0.29) is 5.91 Å². The summed E-state index contributed by atoms with van der Waals surface area (Å²) in [5, 5.41) is 0. The monoisotopic (exact) mass is 221 g/mol. The topological polar surface area (TPSA) is 38.1 Å². The number of hydrogen-bond acceptors (Lipinski definition) is 2. The second-order valence-corrected chi connectivity index (χ2v) is 4.61. The third kappa shape index (κ3) is 2.43. The molecule has 0 saturated carbocycles. The van der Waals surface area contributed by atoms with E-state index in [2.05, 4.69) is 9.55 Å². The first-order valence-corrected chi connectivity index (χ1v) is 5.88. The Morgan fingerprint density at radius 3 is 2.69 bits per heavy atom. The molecule has 0 aromatic carbocycles. The van der Waals surface area contributed by atoms with Crippen molar-refractivity contribution in [3.05, 3.63) is 18.2 Å². The van der Waals surface area contributed by atoms with Gasteiger partial charge >= 0.3 is 0 Å². The van der Waals surface area contributed by atoms with Gasteiger partial charge in [0.05, 0.1) is 0 Å². The molecule has 0 aliphatic carbocycles. The van der Waals surface area contributed by atoms with Crippen LogP contribution in [0.4, 0.5) is 0 Å². The van der Waals surface area contributed by atoms with Crippen molar-refractivity contribution < 1.29 is 4.79 Å². The van der Waals surface area contributed by atoms with Crippen molar-refractivity contribution in [3.8, 4) is 0 Å². The number of amides is 1. The Labute approximate surface area is 96.3 Å². The van der Waals surface area contributed by atoms with Gasteiger partial charge in [0.2, 0.25) is 5.91 Å². The summed E-state index contributed by atoms with van der Waals surface area (Å²) in [6, 6.07) is 0. The fourth-order valence-corrected chi connectivity index (χ4v) is 2.30. The Bertz CT molecular complexity index is 364. The van der Waals surface area contributed by atoms with Crippen LogP contribution >= 0.6 is 0 Å². The van der Waals surface area contributed by atoms with Gasteiger partial charge in [-0.1, -0.05) is 0 Å². The number of aryl methyl sites for hydroxylation is 1. The zero-order valence-corrected chi connectivity index (χ0v) is 10.0. The predicted octanol–water partition coefficient (Wildman–Crippen LogP) is 1.22. The maximum absolute atomic E-state index is 11.2. The molecule has 0 bridgehead atoms. The summed E-state index contributed by atoms with van der Waals surface area (Å²) < 4.78 is 2.08. The summed E-state index contributed by atoms with van der Waals surface area (Å²) in [4.78, 5) is 17.5. The number of carbonyl (C=O) groups excluding carboxylic acids is 1. The van der Waals surface area contributed by atoms with E-state index in [1.54, 1.807) is 6.92 Å². The highest BCUT2D eigenvalue weighted by Gasteiger charge is 2.21. The molecular weight excluding hydrogens is 202 g/mol. The van der Waals surface area contributed by atoms with Gasteiger partial charge in [-0.3, -0.25) is 4.79 Å². The third-order valence-corrected chi connectivity index (χ3v) is 3.45. The molecule has 0 unspecified atom stereocenters. The third-order valence-electron chi connectivity index (χ3n) is 3.45. The second-order valence-electron chi connectivity index (χ2n) is 4.61. The van der Waals surface area contributed by atoms with Gasteiger partial charge in [-0.25, -0.2) is 4.98 Å². The van der Waals surface area contributed by atoms with Crippen LogP contribution in [-0.4, -0.2) is 33.4 Å². The van der Waals surface area contributed by atoms with Crippen LogP contribution in [-0.2, 0) is 18.3 Å². The van der Waals surface area contributed by atoms with Crippen molar-refractivity contribution in [2.45, 2.75) is 26.2 Å². The Morgan fingerprint density at radius 1 is 1.50 bits per heavy atom. The number of rotatable bonds is 2. The lowest BCUT2D eigenvalue weighted by atomic mass is 9.93. The molecule has 2 rings (SSSR count). The minimum absolute atomic E-state index is 0.204. The highest BCUT2D eigenvalue weighted by atomic mass is 16.2. The normalized spacial score (nSPS) is 17.8. The average Bonchev–Trinajstić information content (AvgIpc) is 2.65. The molecule has 4 nitrogen and oxygen atoms in total. The van der Waals surface area contributed by atoms with E-state index in [4.69, 9.17) is 0 Å². The quantitative estimate of drug-likeness (QED) is 0.753. The van der Waals surface area contributed by atoms with E-state index >= 15 is 0 Å². The second kappa shape index (κ2) is 4.68. The molecule has 1 saturated heterocycles. The number of nitrogens with zero attached hydrogens (tertiary/aromatic N) is 3. The van der Waals surface area contributed by atoms with Gasteiger partial charge in [0.25, 0.3) is 0 Å². The van der Waals surface area contributed by atoms with E-state index in [9.17, 15) is 4.79 Å². The van der Waals surface area contributed by atoms with Crippen molar-refractivity contribution in [1.82, 2.24) is 14.5 Å². The first kappa shape index (κ1) is 11.2. The largest absolute Gasteiger partial charge is 0.343 e. The Balaban J connectivity index is 1.86. The highest BCUT2D eigenvalue weighted by Crippen LogP contribution is 2.20. The summed E-state index contributed by atoms with van der Waals surface area (Å²) >= 11 is 0. The number of likely N-dealkylation sites (tertiary alicyclic amines) is 1. The van der Waals surface area contributed by atoms with Crippen LogP contribution in [0.25, 0.3) is 0 Å². The summed E-state index contributed by atoms with van der Waals surface area (Å²) in [6.45, 7) is 3.47. The maximum atomic E-state index is 11.2. The molecule has 1 fully saturated rings. The standard InChI is InChI=1S/C12H19N3O/c1-10(16)15-6-3-11(4-7-15)9-12-13-5-8-14(12)2/h5,8,11H,3-4,6-7,9H2,1-2H3. The van der Waals surface area contributed by atoms with Crippen LogP contribution in [0, 0.1) is 5.92 Å². The van der Waals surface area contributed by atoms with E-state index in [0.717, 1.165) is 38.2 Å². The van der Waals surface area contributed by atoms with Gasteiger partial charge in [-0.15, -0.1) is 0 Å². The SMILES string of the molecule is CC(=O)N1CCC(Cc2nccn2C)CC1. The molecule has 4 heteroatoms. The molecule has 1 aliphatic rings. The van der Waals surface area contributed by atoms with Gasteiger partial charge in [0, 0.05) is 45.9 Å². The summed E-state index contributed by atoms with van der Waals surface area (Å²) in [5.74, 6) is 2.04. The summed E-state index contributed by atoms with van der Waals surface area (Å²) in [7, 11) is 2.03. The minimum atomic E-state index is 0.204. The van der Waals surface area contributed by atoms with Crippen LogP contribution in [0.15, 0.2) is 12.4 Å². The lowest BCUT2D eigenvalue weighted by molar-refractivity contribution is -0.130. The molecule has 0 radical (unpaired) electrons. The average molecular weight is 221 g/mol. The predicted molar refractivity (Wildman–Crippen MR) is 61.9 cm³/mol. The molecule has 16 heavy (non-hydrogen) atoms. The molecule has 1 aromatic rings. The number of carbonyl (C=O) groups is 1. The van der Waals surface area contributed by atoms with E-state index < -0.39 is 0 Å². The van der Waals surface area contributed by atoms with Crippen LogP contribution in [0.3, 0.4) is 0 Å². The Hall–Kier alpha value is -1.32. The highest BCUT2D eigenvalue weighted by molar-refractivity contribution is 5.73. The van der Waals surface area contributed by atoms with E-state index in [1.807, 2.05) is 24.3 Å². The first-order valence-electron chi connectivity index (χ1n) is 5.88. The number of aromatic nitrogens is 2. The Morgan fingerprint density at radius 2 is 2.19 bits per heavy atom. The van der Waals surface area contributed by atoms with Gasteiger partial charge < -0.3 is 9.47 Å². The zero-order chi connectivity index (χ0) is 11.5. The van der Waals surface area contributed by atoms with Crippen molar-refractivity contribution in [2.75, 3.05) is 13.1 Å². The van der Waals surface area contributed by atoms with Crippen molar-refractivity contribution in [3.63, 3.8) is 0 Å². The molecule has 1 aromatic heterocycles. The van der Waals surface area contributed by atoms with Crippen LogP contribution in [0.5, 0.6) is 0 Å². The maximum Gasteiger partial charge on any atom is 0.219 e. The van der Waals surface area contributed by atoms with E-state index in [1.165, 1.54) is 0 Å². The zero-order valence-electron chi connectivity index (χ0n) is 10.0. The first-order chi connectivity index (χ1) is 7.66. The molecule has 0 atom stereocenters. The minimum Gasteiger partial charge on any atom is -0.343 e. The van der Waals surface area contributed by atoms with Gasteiger partial charge in [0.1, 0.15) is 5.82 Å². The molecule has 0 spiro atoms. The fourth-order valence-electron chi connectivity index (χ4n) is 2.30. The Kier molecular flexibility index (Phi) is 3.27. The molecule has 2 heterocycles. The lowest BCUT2D eigenvalue weighted by Crippen LogP contribution is -2.37. The lowest BCUT2D eigenvalue weighted by Gasteiger charge is -2.31. The number of imidazole rings is 1. The van der Waals surface area contributed by atoms with Crippen molar-refractivity contribution in [2.24, 2.45) is 13.0 Å². The van der Waals surface area contributed by atoms with Gasteiger partial charge in [-0.05, 0) is 18.8 Å². The summed E-state index contributed by atoms with van der Waals surface area (Å²) in [5.41, 5.74) is 0. The molecule has 0 N–H and O–H groups in total. The van der Waals surface area contributed by atoms with Crippen LogP contribution in [0.2, 0.25) is 0 Å². The van der Waals surface area contributed by atoms with Gasteiger partial charge in [-0.2, -0.15) is 0 Å². The fraction of sp³-hybridized carbons (Fsp3) is 0.667. The number of piperidine rings is 1. The molecule has 88 valence electrons. The smallest absolute Gasteiger partial charge is 0.219 e. The number of hydrogen-bond donors (Lipinski definition) is 0. The van der Waals surface area contributed by atoms with Crippen molar-refractivity contribution >= 4 is 5.91 Å². The van der Waals surface area contributed by atoms with Crippen LogP contribution < -0.4 is 0 Å².